The van der Waals surface area contributed by atoms with Crippen molar-refractivity contribution in [3.05, 3.63) is 12.4 Å². The van der Waals surface area contributed by atoms with Crippen LogP contribution >= 0.6 is 0 Å². The van der Waals surface area contributed by atoms with Crippen LogP contribution in [0.4, 0.5) is 5.69 Å². The Morgan fingerprint density at radius 3 is 2.65 bits per heavy atom. The van der Waals surface area contributed by atoms with E-state index in [1.165, 1.54) is 32.5 Å². The summed E-state index contributed by atoms with van der Waals surface area (Å²) in [5.41, 5.74) is 6.36. The lowest BCUT2D eigenvalue weighted by molar-refractivity contribution is 0.249. The fourth-order valence-electron chi connectivity index (χ4n) is 2.21. The molecule has 0 aliphatic carbocycles. The second-order valence-electron chi connectivity index (χ2n) is 4.89. The van der Waals surface area contributed by atoms with E-state index in [9.17, 15) is 0 Å². The van der Waals surface area contributed by atoms with Crippen LogP contribution in [0, 0.1) is 0 Å². The molecule has 17 heavy (non-hydrogen) atoms. The Balaban J connectivity index is 1.61. The molecule has 0 atom stereocenters. The number of nitrogens with two attached hydrogens (primary N) is 1. The van der Waals surface area contributed by atoms with Crippen LogP contribution in [0.1, 0.15) is 12.8 Å². The molecule has 0 radical (unpaired) electrons. The first-order valence-electron chi connectivity index (χ1n) is 6.43. The second kappa shape index (κ2) is 6.02. The number of likely N-dealkylation sites (N-methyl/N-ethyl adjacent to an activating group) is 1. The molecule has 2 rings (SSSR count). The molecule has 1 aromatic rings. The summed E-state index contributed by atoms with van der Waals surface area (Å²) in [6, 6.07) is 0. The quantitative estimate of drug-likeness (QED) is 0.782. The van der Waals surface area contributed by atoms with Gasteiger partial charge in [0.2, 0.25) is 0 Å². The van der Waals surface area contributed by atoms with Crippen molar-refractivity contribution < 1.29 is 0 Å². The molecule has 1 aliphatic rings. The van der Waals surface area contributed by atoms with Gasteiger partial charge in [0.25, 0.3) is 0 Å². The van der Waals surface area contributed by atoms with Crippen LogP contribution in [-0.4, -0.2) is 59.4 Å². The molecule has 96 valence electrons. The minimum atomic E-state index is 0.740. The van der Waals surface area contributed by atoms with Crippen LogP contribution < -0.4 is 5.73 Å². The van der Waals surface area contributed by atoms with Crippen molar-refractivity contribution in [1.82, 2.24) is 19.6 Å². The molecule has 1 aliphatic heterocycles. The summed E-state index contributed by atoms with van der Waals surface area (Å²) in [7, 11) is 2.17. The topological polar surface area (TPSA) is 50.3 Å². The molecular weight excluding hydrogens is 214 g/mol. The standard InChI is InChI=1S/C12H23N5/c1-15(6-8-16-4-2-3-5-16)7-9-17-11-12(13)10-14-17/h10-11H,2-9,13H2,1H3. The van der Waals surface area contributed by atoms with Gasteiger partial charge in [-0.1, -0.05) is 0 Å². The summed E-state index contributed by atoms with van der Waals surface area (Å²) in [6.07, 6.45) is 6.32. The van der Waals surface area contributed by atoms with E-state index < -0.39 is 0 Å². The van der Waals surface area contributed by atoms with E-state index in [0.717, 1.165) is 25.3 Å². The maximum absolute atomic E-state index is 5.62. The average Bonchev–Trinajstić information content (AvgIpc) is 2.95. The Labute approximate surface area is 103 Å². The number of hydrogen-bond acceptors (Lipinski definition) is 4. The lowest BCUT2D eigenvalue weighted by atomic mass is 10.4. The third-order valence-corrected chi connectivity index (χ3v) is 3.36. The monoisotopic (exact) mass is 237 g/mol. The summed E-state index contributed by atoms with van der Waals surface area (Å²) in [5, 5.41) is 4.18. The highest BCUT2D eigenvalue weighted by Gasteiger charge is 2.11. The predicted octanol–water partition coefficient (Wildman–Crippen LogP) is 0.493. The number of likely N-dealkylation sites (tertiary alicyclic amines) is 1. The smallest absolute Gasteiger partial charge is 0.0719 e. The number of nitrogens with zero attached hydrogens (tertiary/aromatic N) is 4. The molecule has 0 bridgehead atoms. The zero-order valence-electron chi connectivity index (χ0n) is 10.7. The number of nitrogen functional groups attached to an aromatic ring is 1. The highest BCUT2D eigenvalue weighted by molar-refractivity contribution is 5.30. The highest BCUT2D eigenvalue weighted by atomic mass is 15.3. The molecule has 0 aromatic carbocycles. The zero-order chi connectivity index (χ0) is 12.1. The van der Waals surface area contributed by atoms with E-state index >= 15 is 0 Å². The van der Waals surface area contributed by atoms with E-state index in [1.54, 1.807) is 6.20 Å². The van der Waals surface area contributed by atoms with Gasteiger partial charge in [0, 0.05) is 25.8 Å². The maximum atomic E-state index is 5.62. The molecule has 0 saturated carbocycles. The third kappa shape index (κ3) is 4.02. The number of anilines is 1. The lowest BCUT2D eigenvalue weighted by Crippen LogP contribution is -2.33. The molecule has 5 heteroatoms. The second-order valence-corrected chi connectivity index (χ2v) is 4.89. The molecule has 1 fully saturated rings. The summed E-state index contributed by atoms with van der Waals surface area (Å²) >= 11 is 0. The van der Waals surface area contributed by atoms with E-state index in [4.69, 9.17) is 5.73 Å². The first-order valence-corrected chi connectivity index (χ1v) is 6.43. The molecule has 1 aromatic heterocycles. The fraction of sp³-hybridized carbons (Fsp3) is 0.750. The number of hydrogen-bond donors (Lipinski definition) is 1. The van der Waals surface area contributed by atoms with Crippen molar-refractivity contribution in [2.75, 3.05) is 45.5 Å². The molecule has 0 unspecified atom stereocenters. The van der Waals surface area contributed by atoms with Crippen LogP contribution in [0.25, 0.3) is 0 Å². The fourth-order valence-corrected chi connectivity index (χ4v) is 2.21. The average molecular weight is 237 g/mol. The maximum Gasteiger partial charge on any atom is 0.0719 e. The first-order chi connectivity index (χ1) is 8.24. The first kappa shape index (κ1) is 12.4. The van der Waals surface area contributed by atoms with Crippen molar-refractivity contribution in [3.63, 3.8) is 0 Å². The Morgan fingerprint density at radius 2 is 2.00 bits per heavy atom. The Bertz CT molecular complexity index is 329. The highest BCUT2D eigenvalue weighted by Crippen LogP contribution is 2.06. The van der Waals surface area contributed by atoms with Crippen molar-refractivity contribution >= 4 is 5.69 Å². The van der Waals surface area contributed by atoms with Crippen LogP contribution in [0.15, 0.2) is 12.4 Å². The van der Waals surface area contributed by atoms with Crippen LogP contribution in [0.3, 0.4) is 0 Å². The molecule has 0 spiro atoms. The molecule has 2 N–H and O–H groups in total. The largest absolute Gasteiger partial charge is 0.396 e. The van der Waals surface area contributed by atoms with Gasteiger partial charge in [-0.3, -0.25) is 4.68 Å². The van der Waals surface area contributed by atoms with Gasteiger partial charge < -0.3 is 15.5 Å². The summed E-state index contributed by atoms with van der Waals surface area (Å²) in [4.78, 5) is 4.90. The Morgan fingerprint density at radius 1 is 1.29 bits per heavy atom. The van der Waals surface area contributed by atoms with Gasteiger partial charge in [-0.25, -0.2) is 0 Å². The van der Waals surface area contributed by atoms with E-state index in [2.05, 4.69) is 21.9 Å². The Hall–Kier alpha value is -1.07. The minimum absolute atomic E-state index is 0.740. The van der Waals surface area contributed by atoms with Crippen molar-refractivity contribution in [2.24, 2.45) is 0 Å². The summed E-state index contributed by atoms with van der Waals surface area (Å²) in [5.74, 6) is 0. The van der Waals surface area contributed by atoms with Crippen molar-refractivity contribution in [1.29, 1.82) is 0 Å². The van der Waals surface area contributed by atoms with Gasteiger partial charge >= 0.3 is 0 Å². The molecular formula is C12H23N5. The summed E-state index contributed by atoms with van der Waals surface area (Å²) < 4.78 is 1.90. The van der Waals surface area contributed by atoms with Crippen LogP contribution in [0.2, 0.25) is 0 Å². The lowest BCUT2D eigenvalue weighted by Gasteiger charge is -2.21. The summed E-state index contributed by atoms with van der Waals surface area (Å²) in [6.45, 7) is 6.82. The zero-order valence-corrected chi connectivity index (χ0v) is 10.7. The normalized spacial score (nSPS) is 17.1. The van der Waals surface area contributed by atoms with Gasteiger partial charge in [-0.15, -0.1) is 0 Å². The van der Waals surface area contributed by atoms with Crippen molar-refractivity contribution in [2.45, 2.75) is 19.4 Å². The van der Waals surface area contributed by atoms with E-state index in [1.807, 2.05) is 10.9 Å². The molecule has 5 nitrogen and oxygen atoms in total. The Kier molecular flexibility index (Phi) is 4.39. The van der Waals surface area contributed by atoms with Crippen LogP contribution in [-0.2, 0) is 6.54 Å². The predicted molar refractivity (Wildman–Crippen MR) is 69.8 cm³/mol. The minimum Gasteiger partial charge on any atom is -0.396 e. The SMILES string of the molecule is CN(CCN1CCCC1)CCn1cc(N)cn1. The van der Waals surface area contributed by atoms with Gasteiger partial charge in [0.05, 0.1) is 18.4 Å². The molecule has 0 amide bonds. The molecule has 1 saturated heterocycles. The van der Waals surface area contributed by atoms with Gasteiger partial charge in [0.1, 0.15) is 0 Å². The van der Waals surface area contributed by atoms with Crippen molar-refractivity contribution in [3.8, 4) is 0 Å². The van der Waals surface area contributed by atoms with E-state index in [-0.39, 0.29) is 0 Å². The van der Waals surface area contributed by atoms with Gasteiger partial charge in [-0.05, 0) is 33.0 Å². The number of rotatable bonds is 6. The van der Waals surface area contributed by atoms with Gasteiger partial charge in [0.15, 0.2) is 0 Å². The number of aromatic nitrogens is 2. The van der Waals surface area contributed by atoms with Crippen LogP contribution in [0.5, 0.6) is 0 Å². The third-order valence-electron chi connectivity index (χ3n) is 3.36. The van der Waals surface area contributed by atoms with Gasteiger partial charge in [-0.2, -0.15) is 5.10 Å². The molecule has 2 heterocycles. The van der Waals surface area contributed by atoms with E-state index in [0.29, 0.717) is 0 Å².